The maximum atomic E-state index is 12.4. The Morgan fingerprint density at radius 1 is 1.03 bits per heavy atom. The Morgan fingerprint density at radius 2 is 1.67 bits per heavy atom. The molecule has 0 heterocycles. The van der Waals surface area contributed by atoms with Crippen molar-refractivity contribution >= 4 is 18.0 Å². The van der Waals surface area contributed by atoms with E-state index in [-0.39, 0.29) is 42.9 Å². The van der Waals surface area contributed by atoms with Crippen LogP contribution < -0.4 is 10.6 Å². The Balaban J connectivity index is 1.21. The highest BCUT2D eigenvalue weighted by Gasteiger charge is 2.31. The van der Waals surface area contributed by atoms with Gasteiger partial charge in [0.25, 0.3) is 0 Å². The molecule has 1 saturated carbocycles. The van der Waals surface area contributed by atoms with Gasteiger partial charge in [0.05, 0.1) is 5.92 Å². The third-order valence-electron chi connectivity index (χ3n) is 6.66. The van der Waals surface area contributed by atoms with E-state index in [1.54, 1.807) is 0 Å². The highest BCUT2D eigenvalue weighted by molar-refractivity contribution is 5.79. The van der Waals surface area contributed by atoms with Crippen LogP contribution in [-0.2, 0) is 14.3 Å². The first kappa shape index (κ1) is 22.8. The van der Waals surface area contributed by atoms with Crippen molar-refractivity contribution in [2.45, 2.75) is 57.0 Å². The predicted molar refractivity (Wildman–Crippen MR) is 124 cm³/mol. The van der Waals surface area contributed by atoms with E-state index in [1.807, 2.05) is 31.2 Å². The van der Waals surface area contributed by atoms with Crippen LogP contribution in [0.2, 0.25) is 0 Å². The molecule has 2 aliphatic rings. The van der Waals surface area contributed by atoms with Crippen LogP contribution in [0.4, 0.5) is 4.79 Å². The molecule has 2 aromatic rings. The maximum absolute atomic E-state index is 12.4. The lowest BCUT2D eigenvalue weighted by molar-refractivity contribution is -0.141. The van der Waals surface area contributed by atoms with Crippen molar-refractivity contribution < 1.29 is 24.2 Å². The van der Waals surface area contributed by atoms with Crippen molar-refractivity contribution in [2.24, 2.45) is 5.92 Å². The van der Waals surface area contributed by atoms with E-state index in [2.05, 4.69) is 34.9 Å². The second-order valence-electron chi connectivity index (χ2n) is 9.02. The second-order valence-corrected chi connectivity index (χ2v) is 9.02. The van der Waals surface area contributed by atoms with Crippen LogP contribution in [-0.4, -0.2) is 41.8 Å². The van der Waals surface area contributed by atoms with Crippen LogP contribution in [0, 0.1) is 5.92 Å². The van der Waals surface area contributed by atoms with Crippen LogP contribution in [0.1, 0.15) is 56.1 Å². The van der Waals surface area contributed by atoms with Crippen LogP contribution in [0.5, 0.6) is 0 Å². The molecule has 0 bridgehead atoms. The minimum Gasteiger partial charge on any atom is -0.481 e. The van der Waals surface area contributed by atoms with Crippen molar-refractivity contribution in [3.63, 3.8) is 0 Å². The molecule has 3 N–H and O–H groups in total. The summed E-state index contributed by atoms with van der Waals surface area (Å²) in [5.74, 6) is -1.28. The number of carbonyl (C=O) groups is 3. The van der Waals surface area contributed by atoms with E-state index in [4.69, 9.17) is 9.84 Å². The summed E-state index contributed by atoms with van der Waals surface area (Å²) in [5, 5.41) is 14.8. The maximum Gasteiger partial charge on any atom is 0.407 e. The molecule has 2 amide bonds. The Hall–Kier alpha value is -3.35. The van der Waals surface area contributed by atoms with Crippen molar-refractivity contribution in [1.82, 2.24) is 10.6 Å². The monoisotopic (exact) mass is 450 g/mol. The molecule has 0 aromatic heterocycles. The molecule has 7 nitrogen and oxygen atoms in total. The molecule has 33 heavy (non-hydrogen) atoms. The number of carbonyl (C=O) groups excluding carboxylic acids is 2. The van der Waals surface area contributed by atoms with Gasteiger partial charge < -0.3 is 20.5 Å². The van der Waals surface area contributed by atoms with E-state index >= 15 is 0 Å². The van der Waals surface area contributed by atoms with Gasteiger partial charge >= 0.3 is 12.1 Å². The van der Waals surface area contributed by atoms with Crippen LogP contribution >= 0.6 is 0 Å². The molecule has 4 rings (SSSR count). The van der Waals surface area contributed by atoms with Gasteiger partial charge in [-0.15, -0.1) is 0 Å². The normalized spacial score (nSPS) is 19.9. The quantitative estimate of drug-likeness (QED) is 0.563. The molecule has 2 aliphatic carbocycles. The third-order valence-corrected chi connectivity index (χ3v) is 6.66. The molecule has 7 heteroatoms. The van der Waals surface area contributed by atoms with Gasteiger partial charge in [-0.25, -0.2) is 4.79 Å². The summed E-state index contributed by atoms with van der Waals surface area (Å²) in [7, 11) is 0. The van der Waals surface area contributed by atoms with E-state index in [0.29, 0.717) is 25.7 Å². The van der Waals surface area contributed by atoms with Gasteiger partial charge in [0.2, 0.25) is 5.91 Å². The molecule has 174 valence electrons. The Kier molecular flexibility index (Phi) is 6.96. The van der Waals surface area contributed by atoms with E-state index in [0.717, 1.165) is 11.1 Å². The topological polar surface area (TPSA) is 105 Å². The Bertz CT molecular complexity index is 991. The summed E-state index contributed by atoms with van der Waals surface area (Å²) in [6.45, 7) is 2.09. The van der Waals surface area contributed by atoms with Gasteiger partial charge in [-0.3, -0.25) is 9.59 Å². The lowest BCUT2D eigenvalue weighted by Gasteiger charge is -2.18. The predicted octanol–water partition coefficient (Wildman–Crippen LogP) is 4.06. The highest BCUT2D eigenvalue weighted by atomic mass is 16.5. The summed E-state index contributed by atoms with van der Waals surface area (Å²) in [4.78, 5) is 35.6. The zero-order valence-corrected chi connectivity index (χ0v) is 18.8. The van der Waals surface area contributed by atoms with Gasteiger partial charge in [-0.1, -0.05) is 48.5 Å². The number of hydrogen-bond donors (Lipinski definition) is 3. The Labute approximate surface area is 193 Å². The minimum absolute atomic E-state index is 0.00488. The first-order chi connectivity index (χ1) is 15.9. The number of aliphatic carboxylic acids is 1. The molecule has 0 spiro atoms. The van der Waals surface area contributed by atoms with Gasteiger partial charge in [-0.05, 0) is 54.9 Å². The van der Waals surface area contributed by atoms with Crippen molar-refractivity contribution in [1.29, 1.82) is 0 Å². The van der Waals surface area contributed by atoms with Gasteiger partial charge in [0.1, 0.15) is 6.61 Å². The number of rotatable bonds is 8. The third kappa shape index (κ3) is 5.35. The van der Waals surface area contributed by atoms with E-state index in [9.17, 15) is 14.4 Å². The van der Waals surface area contributed by atoms with Gasteiger partial charge in [0.15, 0.2) is 0 Å². The largest absolute Gasteiger partial charge is 0.481 e. The van der Waals surface area contributed by atoms with E-state index in [1.165, 1.54) is 11.1 Å². The fourth-order valence-electron chi connectivity index (χ4n) is 4.90. The SMILES string of the molecule is CC(CCC(=O)N[C@@H]1CC[C@H](C(=O)O)C1)NC(=O)OCC1c2ccccc2-c2ccccc21. The summed E-state index contributed by atoms with van der Waals surface area (Å²) >= 11 is 0. The number of benzene rings is 2. The summed E-state index contributed by atoms with van der Waals surface area (Å²) in [6.07, 6.45) is 2.01. The molecule has 3 atom stereocenters. The number of ether oxygens (including phenoxy) is 1. The number of alkyl carbamates (subject to hydrolysis) is 1. The Morgan fingerprint density at radius 3 is 2.27 bits per heavy atom. The van der Waals surface area contributed by atoms with Crippen molar-refractivity contribution in [2.75, 3.05) is 6.61 Å². The van der Waals surface area contributed by atoms with Gasteiger partial charge in [0, 0.05) is 24.4 Å². The molecular weight excluding hydrogens is 420 g/mol. The lowest BCUT2D eigenvalue weighted by Crippen LogP contribution is -2.37. The van der Waals surface area contributed by atoms with E-state index < -0.39 is 12.1 Å². The molecule has 1 fully saturated rings. The van der Waals surface area contributed by atoms with Crippen LogP contribution in [0.3, 0.4) is 0 Å². The van der Waals surface area contributed by atoms with Crippen molar-refractivity contribution in [3.8, 4) is 11.1 Å². The first-order valence-corrected chi connectivity index (χ1v) is 11.6. The molecule has 1 unspecified atom stereocenters. The molecule has 0 radical (unpaired) electrons. The zero-order valence-electron chi connectivity index (χ0n) is 18.8. The smallest absolute Gasteiger partial charge is 0.407 e. The molecule has 0 saturated heterocycles. The number of fused-ring (bicyclic) bond motifs is 3. The standard InChI is InChI=1S/C26H30N2O5/c1-16(10-13-24(29)28-18-12-11-17(14-18)25(30)31)27-26(32)33-15-23-21-8-4-2-6-19(21)20-7-3-5-9-22(20)23/h2-9,16-18,23H,10-15H2,1H3,(H,27,32)(H,28,29)(H,30,31)/t16?,17-,18+/m0/s1. The molecule has 2 aromatic carbocycles. The van der Waals surface area contributed by atoms with Crippen LogP contribution in [0.25, 0.3) is 11.1 Å². The summed E-state index contributed by atoms with van der Waals surface area (Å²) in [6, 6.07) is 16.1. The van der Waals surface area contributed by atoms with Gasteiger partial charge in [-0.2, -0.15) is 0 Å². The number of nitrogens with one attached hydrogen (secondary N) is 2. The summed E-state index contributed by atoms with van der Waals surface area (Å²) < 4.78 is 5.55. The average molecular weight is 451 g/mol. The number of amides is 2. The number of carboxylic acids is 1. The van der Waals surface area contributed by atoms with Crippen LogP contribution in [0.15, 0.2) is 48.5 Å². The fourth-order valence-corrected chi connectivity index (χ4v) is 4.90. The van der Waals surface area contributed by atoms with Crippen molar-refractivity contribution in [3.05, 3.63) is 59.7 Å². The fraction of sp³-hybridized carbons (Fsp3) is 0.423. The highest BCUT2D eigenvalue weighted by Crippen LogP contribution is 2.44. The lowest BCUT2D eigenvalue weighted by atomic mass is 9.98. The molecule has 0 aliphatic heterocycles. The number of hydrogen-bond acceptors (Lipinski definition) is 4. The first-order valence-electron chi connectivity index (χ1n) is 11.6. The zero-order chi connectivity index (χ0) is 23.4. The average Bonchev–Trinajstić information content (AvgIpc) is 3.39. The summed E-state index contributed by atoms with van der Waals surface area (Å²) in [5.41, 5.74) is 4.68. The number of carboxylic acid groups (broad SMARTS) is 1. The minimum atomic E-state index is -0.798. The molecular formula is C26H30N2O5. The second kappa shape index (κ2) is 10.1.